The molecule has 6 rings (SSSR count). The molecule has 0 atom stereocenters. The third-order valence-corrected chi connectivity index (χ3v) is 6.80. The van der Waals surface area contributed by atoms with Gasteiger partial charge in [0.05, 0.1) is 22.7 Å². The second kappa shape index (κ2) is 9.33. The minimum Gasteiger partial charge on any atom is -0.508 e. The first kappa shape index (κ1) is 23.7. The van der Waals surface area contributed by atoms with Gasteiger partial charge in [0.15, 0.2) is 11.6 Å². The molecule has 0 unspecified atom stereocenters. The first-order valence-electron chi connectivity index (χ1n) is 12.2. The molecule has 0 aliphatic carbocycles. The predicted octanol–water partition coefficient (Wildman–Crippen LogP) is 6.53. The molecule has 0 fully saturated rings. The molecule has 39 heavy (non-hydrogen) atoms. The summed E-state index contributed by atoms with van der Waals surface area (Å²) in [5.74, 6) is -0.211. The number of hydrogen-bond donors (Lipinski definition) is 2. The number of hydrogen-bond acceptors (Lipinski definition) is 5. The molecule has 6 heteroatoms. The van der Waals surface area contributed by atoms with Crippen molar-refractivity contribution in [1.82, 2.24) is 4.57 Å². The van der Waals surface area contributed by atoms with Crippen molar-refractivity contribution >= 4 is 33.4 Å². The average Bonchev–Trinajstić information content (AvgIpc) is 3.30. The molecule has 6 aromatic rings. The molecular formula is C33H20N2O4. The monoisotopic (exact) mass is 508 g/mol. The van der Waals surface area contributed by atoms with Crippen molar-refractivity contribution in [3.8, 4) is 23.3 Å². The Morgan fingerprint density at radius 3 is 1.38 bits per heavy atom. The number of ketones is 2. The Morgan fingerprint density at radius 2 is 0.974 bits per heavy atom. The predicted molar refractivity (Wildman–Crippen MR) is 149 cm³/mol. The summed E-state index contributed by atoms with van der Waals surface area (Å²) in [6, 6.07) is 32.5. The highest BCUT2D eigenvalue weighted by Crippen LogP contribution is 2.34. The van der Waals surface area contributed by atoms with Crippen molar-refractivity contribution in [3.05, 3.63) is 137 Å². The fourth-order valence-corrected chi connectivity index (χ4v) is 4.83. The standard InChI is InChI=1S/C33H20N2O4/c34-19-20-1-9-25(10-2-20)35-30-15-7-23(32(38)21-3-11-26(36)12-4-21)17-28(30)29-18-24(8-16-31(29)35)33(39)22-5-13-27(37)14-6-22/h1-18,36-37H. The van der Waals surface area contributed by atoms with Crippen molar-refractivity contribution in [2.24, 2.45) is 0 Å². The van der Waals surface area contributed by atoms with Crippen LogP contribution in [0.3, 0.4) is 0 Å². The van der Waals surface area contributed by atoms with Crippen LogP contribution in [0.2, 0.25) is 0 Å². The Kier molecular flexibility index (Phi) is 5.67. The summed E-state index contributed by atoms with van der Waals surface area (Å²) in [7, 11) is 0. The highest BCUT2D eigenvalue weighted by atomic mass is 16.3. The van der Waals surface area contributed by atoms with Crippen LogP contribution in [0, 0.1) is 11.3 Å². The van der Waals surface area contributed by atoms with E-state index < -0.39 is 0 Å². The summed E-state index contributed by atoms with van der Waals surface area (Å²) in [5.41, 5.74) is 4.91. The van der Waals surface area contributed by atoms with E-state index in [0.717, 1.165) is 27.5 Å². The van der Waals surface area contributed by atoms with Gasteiger partial charge in [-0.1, -0.05) is 0 Å². The van der Waals surface area contributed by atoms with Crippen molar-refractivity contribution in [2.75, 3.05) is 0 Å². The van der Waals surface area contributed by atoms with Gasteiger partial charge in [-0.2, -0.15) is 5.26 Å². The van der Waals surface area contributed by atoms with Crippen LogP contribution in [0.1, 0.15) is 37.4 Å². The van der Waals surface area contributed by atoms with Gasteiger partial charge in [-0.05, 0) is 109 Å². The van der Waals surface area contributed by atoms with Gasteiger partial charge >= 0.3 is 0 Å². The van der Waals surface area contributed by atoms with E-state index in [2.05, 4.69) is 6.07 Å². The van der Waals surface area contributed by atoms with Gasteiger partial charge in [0.2, 0.25) is 0 Å². The van der Waals surface area contributed by atoms with Crippen molar-refractivity contribution < 1.29 is 19.8 Å². The van der Waals surface area contributed by atoms with E-state index in [9.17, 15) is 25.1 Å². The molecule has 0 aliphatic rings. The third kappa shape index (κ3) is 4.18. The average molecular weight is 509 g/mol. The molecule has 6 nitrogen and oxygen atoms in total. The largest absolute Gasteiger partial charge is 0.508 e. The van der Waals surface area contributed by atoms with Gasteiger partial charge in [-0.3, -0.25) is 9.59 Å². The lowest BCUT2D eigenvalue weighted by Crippen LogP contribution is -2.01. The number of benzene rings is 5. The summed E-state index contributed by atoms with van der Waals surface area (Å²) in [6.45, 7) is 0. The smallest absolute Gasteiger partial charge is 0.193 e. The molecule has 5 aromatic carbocycles. The molecule has 0 radical (unpaired) electrons. The van der Waals surface area contributed by atoms with Crippen molar-refractivity contribution in [2.45, 2.75) is 0 Å². The number of phenols is 2. The summed E-state index contributed by atoms with van der Waals surface area (Å²) in [5, 5.41) is 30.0. The zero-order valence-electron chi connectivity index (χ0n) is 20.5. The molecule has 1 aromatic heterocycles. The number of fused-ring (bicyclic) bond motifs is 3. The van der Waals surface area contributed by atoms with Gasteiger partial charge in [-0.25, -0.2) is 0 Å². The maximum atomic E-state index is 13.3. The number of phenolic OH excluding ortho intramolecular Hbond substituents is 2. The Balaban J connectivity index is 1.56. The normalized spacial score (nSPS) is 10.9. The number of aromatic hydroxyl groups is 2. The zero-order chi connectivity index (χ0) is 27.1. The Labute approximate surface area is 223 Å². The minimum atomic E-state index is -0.188. The number of aromatic nitrogens is 1. The van der Waals surface area contributed by atoms with E-state index in [1.165, 1.54) is 24.3 Å². The van der Waals surface area contributed by atoms with Crippen LogP contribution in [-0.2, 0) is 0 Å². The molecule has 0 saturated carbocycles. The van der Waals surface area contributed by atoms with Gasteiger partial charge in [0, 0.05) is 38.7 Å². The molecule has 1 heterocycles. The lowest BCUT2D eigenvalue weighted by molar-refractivity contribution is 0.103. The van der Waals surface area contributed by atoms with Crippen molar-refractivity contribution in [3.63, 3.8) is 0 Å². The summed E-state index contributed by atoms with van der Waals surface area (Å²) in [4.78, 5) is 26.6. The highest BCUT2D eigenvalue weighted by molar-refractivity contribution is 6.17. The maximum Gasteiger partial charge on any atom is 0.193 e. The topological polar surface area (TPSA) is 103 Å². The summed E-state index contributed by atoms with van der Waals surface area (Å²) >= 11 is 0. The molecule has 186 valence electrons. The van der Waals surface area contributed by atoms with Gasteiger partial charge in [0.25, 0.3) is 0 Å². The van der Waals surface area contributed by atoms with E-state index >= 15 is 0 Å². The van der Waals surface area contributed by atoms with Gasteiger partial charge in [0.1, 0.15) is 11.5 Å². The quantitative estimate of drug-likeness (QED) is 0.258. The molecular weight excluding hydrogens is 488 g/mol. The van der Waals surface area contributed by atoms with E-state index in [4.69, 9.17) is 0 Å². The van der Waals surface area contributed by atoms with Crippen LogP contribution < -0.4 is 0 Å². The zero-order valence-corrected chi connectivity index (χ0v) is 20.5. The van der Waals surface area contributed by atoms with Crippen LogP contribution >= 0.6 is 0 Å². The van der Waals surface area contributed by atoms with Gasteiger partial charge < -0.3 is 14.8 Å². The van der Waals surface area contributed by atoms with Crippen molar-refractivity contribution in [1.29, 1.82) is 5.26 Å². The highest BCUT2D eigenvalue weighted by Gasteiger charge is 2.18. The van der Waals surface area contributed by atoms with Crippen LogP contribution in [-0.4, -0.2) is 26.3 Å². The third-order valence-electron chi connectivity index (χ3n) is 6.80. The Morgan fingerprint density at radius 1 is 0.564 bits per heavy atom. The summed E-state index contributed by atoms with van der Waals surface area (Å²) < 4.78 is 2.04. The van der Waals surface area contributed by atoms with Crippen LogP contribution in [0.5, 0.6) is 11.5 Å². The first-order valence-corrected chi connectivity index (χ1v) is 12.2. The van der Waals surface area contributed by atoms with E-state index in [0.29, 0.717) is 27.8 Å². The number of nitrogens with zero attached hydrogens (tertiary/aromatic N) is 2. The number of rotatable bonds is 5. The lowest BCUT2D eigenvalue weighted by atomic mass is 9.99. The van der Waals surface area contributed by atoms with Crippen LogP contribution in [0.15, 0.2) is 109 Å². The molecule has 2 N–H and O–H groups in total. The second-order valence-electron chi connectivity index (χ2n) is 9.21. The Hall–Kier alpha value is -5.67. The van der Waals surface area contributed by atoms with E-state index in [1.807, 2.05) is 41.0 Å². The molecule has 0 saturated heterocycles. The fourth-order valence-electron chi connectivity index (χ4n) is 4.83. The Bertz CT molecular complexity index is 1830. The number of carbonyl (C=O) groups excluding carboxylic acids is 2. The molecule has 0 bridgehead atoms. The van der Waals surface area contributed by atoms with Crippen LogP contribution in [0.4, 0.5) is 0 Å². The minimum absolute atomic E-state index is 0.0818. The first-order chi connectivity index (χ1) is 18.9. The van der Waals surface area contributed by atoms with E-state index in [-0.39, 0.29) is 23.1 Å². The lowest BCUT2D eigenvalue weighted by Gasteiger charge is -2.09. The van der Waals surface area contributed by atoms with E-state index in [1.54, 1.807) is 48.5 Å². The maximum absolute atomic E-state index is 13.3. The second-order valence-corrected chi connectivity index (χ2v) is 9.21. The van der Waals surface area contributed by atoms with Crippen LogP contribution in [0.25, 0.3) is 27.5 Å². The molecule has 0 amide bonds. The number of nitriles is 1. The fraction of sp³-hybridized carbons (Fsp3) is 0. The molecule has 0 spiro atoms. The molecule has 0 aliphatic heterocycles. The summed E-state index contributed by atoms with van der Waals surface area (Å²) in [6.07, 6.45) is 0. The van der Waals surface area contributed by atoms with Gasteiger partial charge in [-0.15, -0.1) is 0 Å². The number of carbonyl (C=O) groups is 2. The SMILES string of the molecule is N#Cc1ccc(-n2c3ccc(C(=O)c4ccc(O)cc4)cc3c3cc(C(=O)c4ccc(O)cc4)ccc32)cc1.